The number of nitrogens with one attached hydrogen (secondary N) is 1. The molecule has 0 aromatic rings. The van der Waals surface area contributed by atoms with E-state index < -0.39 is 5.97 Å². The molecule has 1 aliphatic carbocycles. The summed E-state index contributed by atoms with van der Waals surface area (Å²) >= 11 is 5.46. The van der Waals surface area contributed by atoms with Crippen LogP contribution in [0.25, 0.3) is 0 Å². The molecule has 13 heavy (non-hydrogen) atoms. The quantitative estimate of drug-likeness (QED) is 0.692. The molecule has 0 aromatic heterocycles. The van der Waals surface area contributed by atoms with Gasteiger partial charge in [0, 0.05) is 6.54 Å². The maximum Gasteiger partial charge on any atom is 0.303 e. The molecule has 3 nitrogen and oxygen atoms in total. The van der Waals surface area contributed by atoms with E-state index in [0.29, 0.717) is 6.54 Å². The summed E-state index contributed by atoms with van der Waals surface area (Å²) in [5.41, 5.74) is -0.0914. The largest absolute Gasteiger partial charge is 0.481 e. The molecule has 0 aromatic carbocycles. The van der Waals surface area contributed by atoms with Gasteiger partial charge in [-0.05, 0) is 30.0 Å². The predicted molar refractivity (Wildman–Crippen MR) is 51.6 cm³/mol. The molecule has 0 unspecified atom stereocenters. The fourth-order valence-corrected chi connectivity index (χ4v) is 2.46. The highest BCUT2D eigenvalue weighted by molar-refractivity contribution is 6.13. The third-order valence-corrected chi connectivity index (χ3v) is 3.02. The number of aliphatic carboxylic acids is 1. The lowest BCUT2D eigenvalue weighted by Gasteiger charge is -2.35. The second-order valence-corrected chi connectivity index (χ2v) is 4.21. The lowest BCUT2D eigenvalue weighted by atomic mass is 9.72. The number of carboxylic acids is 1. The first-order chi connectivity index (χ1) is 6.18. The molecule has 1 fully saturated rings. The van der Waals surface area contributed by atoms with E-state index in [9.17, 15) is 4.79 Å². The second kappa shape index (κ2) is 4.82. The SMILES string of the molecule is O=C(O)CC1(CNCl)CCCCC1. The molecule has 2 N–H and O–H groups in total. The second-order valence-electron chi connectivity index (χ2n) is 3.94. The Morgan fingerprint density at radius 1 is 1.38 bits per heavy atom. The molecule has 4 heteroatoms. The molecular formula is C9H16ClNO2. The van der Waals surface area contributed by atoms with E-state index in [1.54, 1.807) is 0 Å². The van der Waals surface area contributed by atoms with Gasteiger partial charge < -0.3 is 5.11 Å². The molecule has 76 valence electrons. The molecule has 0 atom stereocenters. The van der Waals surface area contributed by atoms with E-state index in [4.69, 9.17) is 16.9 Å². The van der Waals surface area contributed by atoms with Crippen molar-refractivity contribution in [3.05, 3.63) is 0 Å². The number of hydrogen-bond acceptors (Lipinski definition) is 2. The summed E-state index contributed by atoms with van der Waals surface area (Å²) < 4.78 is 0. The van der Waals surface area contributed by atoms with Gasteiger partial charge in [0.25, 0.3) is 0 Å². The smallest absolute Gasteiger partial charge is 0.303 e. The van der Waals surface area contributed by atoms with E-state index in [1.165, 1.54) is 6.42 Å². The molecule has 0 saturated heterocycles. The van der Waals surface area contributed by atoms with E-state index in [2.05, 4.69) is 4.84 Å². The van der Waals surface area contributed by atoms with Crippen molar-refractivity contribution in [2.45, 2.75) is 38.5 Å². The van der Waals surface area contributed by atoms with E-state index >= 15 is 0 Å². The third-order valence-electron chi connectivity index (χ3n) is 2.88. The van der Waals surface area contributed by atoms with Crippen LogP contribution in [0, 0.1) is 5.41 Å². The van der Waals surface area contributed by atoms with Crippen molar-refractivity contribution in [1.29, 1.82) is 0 Å². The molecule has 1 aliphatic rings. The highest BCUT2D eigenvalue weighted by Crippen LogP contribution is 2.38. The first-order valence-corrected chi connectivity index (χ1v) is 5.12. The maximum atomic E-state index is 10.7. The lowest BCUT2D eigenvalue weighted by molar-refractivity contribution is -0.140. The Morgan fingerprint density at radius 3 is 2.46 bits per heavy atom. The lowest BCUT2D eigenvalue weighted by Crippen LogP contribution is -2.35. The standard InChI is InChI=1S/C9H16ClNO2/c10-11-7-9(6-8(12)13)4-2-1-3-5-9/h11H,1-7H2,(H,12,13). The van der Waals surface area contributed by atoms with Crippen molar-refractivity contribution in [1.82, 2.24) is 4.84 Å². The van der Waals surface area contributed by atoms with Gasteiger partial charge in [0.15, 0.2) is 0 Å². The summed E-state index contributed by atoms with van der Waals surface area (Å²) in [4.78, 5) is 13.3. The monoisotopic (exact) mass is 205 g/mol. The molecular weight excluding hydrogens is 190 g/mol. The van der Waals surface area contributed by atoms with Crippen molar-refractivity contribution in [2.75, 3.05) is 6.54 Å². The molecule has 0 bridgehead atoms. The van der Waals surface area contributed by atoms with Gasteiger partial charge in [-0.2, -0.15) is 0 Å². The summed E-state index contributed by atoms with van der Waals surface area (Å²) in [7, 11) is 0. The fourth-order valence-electron chi connectivity index (χ4n) is 2.18. The van der Waals surface area contributed by atoms with E-state index in [-0.39, 0.29) is 11.8 Å². The Labute approximate surface area is 83.6 Å². The molecule has 0 aliphatic heterocycles. The first kappa shape index (κ1) is 10.8. The van der Waals surface area contributed by atoms with Gasteiger partial charge in [-0.3, -0.25) is 4.79 Å². The van der Waals surface area contributed by atoms with Gasteiger partial charge in [0.2, 0.25) is 0 Å². The number of rotatable bonds is 4. The first-order valence-electron chi connectivity index (χ1n) is 4.74. The fraction of sp³-hybridized carbons (Fsp3) is 0.889. The normalized spacial score (nSPS) is 21.3. The Bertz CT molecular complexity index is 173. The van der Waals surface area contributed by atoms with Crippen LogP contribution in [0.4, 0.5) is 0 Å². The number of carboxylic acid groups (broad SMARTS) is 1. The Hall–Kier alpha value is -0.280. The third kappa shape index (κ3) is 3.16. The molecule has 1 saturated carbocycles. The van der Waals surface area contributed by atoms with Gasteiger partial charge in [-0.25, -0.2) is 4.84 Å². The number of halogens is 1. The Balaban J connectivity index is 2.55. The molecule has 1 rings (SSSR count). The molecule has 0 heterocycles. The zero-order valence-corrected chi connectivity index (χ0v) is 8.44. The Kier molecular flexibility index (Phi) is 4.00. The van der Waals surface area contributed by atoms with Crippen LogP contribution >= 0.6 is 11.8 Å². The van der Waals surface area contributed by atoms with Crippen LogP contribution < -0.4 is 4.84 Å². The van der Waals surface area contributed by atoms with Crippen LogP contribution in [-0.4, -0.2) is 17.6 Å². The maximum absolute atomic E-state index is 10.7. The van der Waals surface area contributed by atoms with Crippen LogP contribution in [0.15, 0.2) is 0 Å². The van der Waals surface area contributed by atoms with E-state index in [1.807, 2.05) is 0 Å². The summed E-state index contributed by atoms with van der Waals surface area (Å²) in [6.07, 6.45) is 5.70. The van der Waals surface area contributed by atoms with Gasteiger partial charge in [0.05, 0.1) is 6.42 Å². The van der Waals surface area contributed by atoms with Crippen molar-refractivity contribution < 1.29 is 9.90 Å². The minimum Gasteiger partial charge on any atom is -0.481 e. The summed E-state index contributed by atoms with van der Waals surface area (Å²) in [6, 6.07) is 0. The van der Waals surface area contributed by atoms with E-state index in [0.717, 1.165) is 25.7 Å². The van der Waals surface area contributed by atoms with Crippen molar-refractivity contribution >= 4 is 17.7 Å². The summed E-state index contributed by atoms with van der Waals surface area (Å²) in [5.74, 6) is -0.714. The molecule has 0 radical (unpaired) electrons. The Morgan fingerprint density at radius 2 is 2.00 bits per heavy atom. The highest BCUT2D eigenvalue weighted by atomic mass is 35.5. The van der Waals surface area contributed by atoms with Gasteiger partial charge in [-0.15, -0.1) is 0 Å². The van der Waals surface area contributed by atoms with Gasteiger partial charge in [-0.1, -0.05) is 19.3 Å². The zero-order valence-electron chi connectivity index (χ0n) is 7.68. The zero-order chi connectivity index (χ0) is 9.73. The summed E-state index contributed by atoms with van der Waals surface area (Å²) in [5, 5.41) is 8.79. The van der Waals surface area contributed by atoms with Crippen LogP contribution in [0.5, 0.6) is 0 Å². The van der Waals surface area contributed by atoms with Crippen LogP contribution in [0.2, 0.25) is 0 Å². The van der Waals surface area contributed by atoms with Crippen LogP contribution in [0.1, 0.15) is 38.5 Å². The van der Waals surface area contributed by atoms with Crippen molar-refractivity contribution in [3.63, 3.8) is 0 Å². The molecule has 0 amide bonds. The molecule has 0 spiro atoms. The van der Waals surface area contributed by atoms with Crippen molar-refractivity contribution in [2.24, 2.45) is 5.41 Å². The van der Waals surface area contributed by atoms with Gasteiger partial charge >= 0.3 is 5.97 Å². The minimum atomic E-state index is -0.714. The number of carbonyl (C=O) groups is 1. The topological polar surface area (TPSA) is 49.3 Å². The highest BCUT2D eigenvalue weighted by Gasteiger charge is 2.33. The average molecular weight is 206 g/mol. The van der Waals surface area contributed by atoms with Crippen LogP contribution in [0.3, 0.4) is 0 Å². The predicted octanol–water partition coefficient (Wildman–Crippen LogP) is 2.16. The average Bonchev–Trinajstić information content (AvgIpc) is 2.04. The van der Waals surface area contributed by atoms with Crippen LogP contribution in [-0.2, 0) is 4.79 Å². The van der Waals surface area contributed by atoms with Gasteiger partial charge in [0.1, 0.15) is 0 Å². The minimum absolute atomic E-state index is 0.0914. The summed E-state index contributed by atoms with van der Waals surface area (Å²) in [6.45, 7) is 0.612. The number of hydrogen-bond donors (Lipinski definition) is 2. The van der Waals surface area contributed by atoms with Crippen molar-refractivity contribution in [3.8, 4) is 0 Å².